The Bertz CT molecular complexity index is 908. The third-order valence-electron chi connectivity index (χ3n) is 6.70. The number of piperidine rings is 2. The number of nitrogens with zero attached hydrogens (tertiary/aromatic N) is 2. The van der Waals surface area contributed by atoms with Crippen molar-refractivity contribution in [2.75, 3.05) is 39.9 Å². The van der Waals surface area contributed by atoms with Gasteiger partial charge in [-0.3, -0.25) is 0 Å². The first kappa shape index (κ1) is 28.9. The van der Waals surface area contributed by atoms with Crippen LogP contribution in [0, 0.1) is 5.41 Å². The number of hydrogen-bond donors (Lipinski definition) is 0. The number of alkyl halides is 3. The first-order chi connectivity index (χ1) is 17.3. The molecule has 2 heterocycles. The van der Waals surface area contributed by atoms with Crippen molar-refractivity contribution in [2.24, 2.45) is 5.41 Å². The number of carbonyl (C=O) groups is 2. The van der Waals surface area contributed by atoms with Gasteiger partial charge in [-0.15, -0.1) is 0 Å². The number of rotatable bonds is 6. The van der Waals surface area contributed by atoms with E-state index in [0.717, 1.165) is 12.8 Å². The zero-order valence-corrected chi connectivity index (χ0v) is 21.9. The lowest BCUT2D eigenvalue weighted by molar-refractivity contribution is -0.220. The lowest BCUT2D eigenvalue weighted by atomic mass is 9.72. The smallest absolute Gasteiger partial charge is 0.427 e. The summed E-state index contributed by atoms with van der Waals surface area (Å²) >= 11 is 0. The molecule has 8 nitrogen and oxygen atoms in total. The van der Waals surface area contributed by atoms with Gasteiger partial charge in [-0.25, -0.2) is 9.59 Å². The molecule has 1 spiro atoms. The maximum absolute atomic E-state index is 13.6. The van der Waals surface area contributed by atoms with Crippen LogP contribution < -0.4 is 4.74 Å². The molecule has 37 heavy (non-hydrogen) atoms. The molecule has 0 aromatic heterocycles. The van der Waals surface area contributed by atoms with E-state index in [1.165, 1.54) is 12.0 Å². The van der Waals surface area contributed by atoms with Crippen LogP contribution >= 0.6 is 0 Å². The second kappa shape index (κ2) is 11.8. The summed E-state index contributed by atoms with van der Waals surface area (Å²) in [6.07, 6.45) is -5.65. The summed E-state index contributed by atoms with van der Waals surface area (Å²) < 4.78 is 61.3. The lowest BCUT2D eigenvalue weighted by Crippen LogP contribution is -2.53. The first-order valence-electron chi connectivity index (χ1n) is 12.5. The van der Waals surface area contributed by atoms with Crippen molar-refractivity contribution in [1.29, 1.82) is 0 Å². The van der Waals surface area contributed by atoms with Gasteiger partial charge in [0.15, 0.2) is 0 Å². The molecule has 2 saturated heterocycles. The van der Waals surface area contributed by atoms with E-state index < -0.39 is 30.6 Å². The lowest BCUT2D eigenvalue weighted by Gasteiger charge is -2.47. The van der Waals surface area contributed by atoms with Gasteiger partial charge in [-0.05, 0) is 69.6 Å². The van der Waals surface area contributed by atoms with E-state index in [-0.39, 0.29) is 31.2 Å². The molecule has 1 aromatic carbocycles. The van der Waals surface area contributed by atoms with Crippen molar-refractivity contribution in [3.8, 4) is 5.75 Å². The fourth-order valence-corrected chi connectivity index (χ4v) is 4.66. The second-order valence-corrected chi connectivity index (χ2v) is 10.8. The van der Waals surface area contributed by atoms with Crippen molar-refractivity contribution in [3.63, 3.8) is 0 Å². The van der Waals surface area contributed by atoms with Gasteiger partial charge in [0.05, 0.1) is 20.3 Å². The third kappa shape index (κ3) is 8.41. The standard InChI is InChI=1S/C26H37F3N2O6/c1-24(2,3)37-23(33)31-13-5-10-25(18-31)11-14-30(15-12-25)22(32)36-21(26(27,28)29)17-35-16-19-6-8-20(34-4)9-7-19/h6-9,21H,5,10-18H2,1-4H3/t21-/m1/s1. The van der Waals surface area contributed by atoms with Crippen LogP contribution in [0.5, 0.6) is 5.75 Å². The van der Waals surface area contributed by atoms with Gasteiger partial charge in [-0.2, -0.15) is 13.2 Å². The maximum atomic E-state index is 13.6. The Morgan fingerprint density at radius 3 is 2.19 bits per heavy atom. The Hall–Kier alpha value is -2.69. The SMILES string of the molecule is COc1ccc(COC[C@@H](OC(=O)N2CCC3(CCCN(C(=O)OC(C)(C)C)C3)CC2)C(F)(F)F)cc1. The van der Waals surface area contributed by atoms with Gasteiger partial charge in [0.25, 0.3) is 0 Å². The molecule has 0 bridgehead atoms. The van der Waals surface area contributed by atoms with E-state index in [9.17, 15) is 22.8 Å². The summed E-state index contributed by atoms with van der Waals surface area (Å²) in [6, 6.07) is 6.74. The van der Waals surface area contributed by atoms with E-state index in [2.05, 4.69) is 0 Å². The molecular weight excluding hydrogens is 493 g/mol. The van der Waals surface area contributed by atoms with Crippen LogP contribution in [-0.2, 0) is 20.8 Å². The number of benzene rings is 1. The van der Waals surface area contributed by atoms with E-state index in [1.54, 1.807) is 29.2 Å². The Labute approximate surface area is 216 Å². The summed E-state index contributed by atoms with van der Waals surface area (Å²) in [7, 11) is 1.52. The number of methoxy groups -OCH3 is 1. The highest BCUT2D eigenvalue weighted by Crippen LogP contribution is 2.40. The molecule has 2 fully saturated rings. The zero-order chi connectivity index (χ0) is 27.3. The quantitative estimate of drug-likeness (QED) is 0.491. The van der Waals surface area contributed by atoms with Crippen molar-refractivity contribution in [2.45, 2.75) is 70.9 Å². The topological polar surface area (TPSA) is 77.5 Å². The van der Waals surface area contributed by atoms with Gasteiger partial charge in [-0.1, -0.05) is 12.1 Å². The Morgan fingerprint density at radius 2 is 1.62 bits per heavy atom. The number of likely N-dealkylation sites (tertiary alicyclic amines) is 2. The summed E-state index contributed by atoms with van der Waals surface area (Å²) in [4.78, 5) is 28.1. The number of amides is 2. The summed E-state index contributed by atoms with van der Waals surface area (Å²) in [6.45, 7) is 6.21. The highest BCUT2D eigenvalue weighted by Gasteiger charge is 2.46. The Kier molecular flexibility index (Phi) is 9.20. The van der Waals surface area contributed by atoms with E-state index >= 15 is 0 Å². The number of hydrogen-bond acceptors (Lipinski definition) is 6. The Balaban J connectivity index is 1.50. The van der Waals surface area contributed by atoms with Crippen LogP contribution in [-0.4, -0.2) is 79.8 Å². The van der Waals surface area contributed by atoms with Crippen LogP contribution in [0.1, 0.15) is 52.0 Å². The molecule has 0 aliphatic carbocycles. The van der Waals surface area contributed by atoms with Crippen LogP contribution in [0.2, 0.25) is 0 Å². The molecule has 208 valence electrons. The van der Waals surface area contributed by atoms with Crippen molar-refractivity contribution >= 4 is 12.2 Å². The normalized spacial score (nSPS) is 18.9. The largest absolute Gasteiger partial charge is 0.497 e. The molecule has 2 amide bonds. The Morgan fingerprint density at radius 1 is 0.973 bits per heavy atom. The zero-order valence-electron chi connectivity index (χ0n) is 21.9. The molecule has 0 unspecified atom stereocenters. The van der Waals surface area contributed by atoms with E-state index in [1.807, 2.05) is 20.8 Å². The number of halogens is 3. The highest BCUT2D eigenvalue weighted by atomic mass is 19.4. The molecule has 3 rings (SSSR count). The summed E-state index contributed by atoms with van der Waals surface area (Å²) in [5, 5.41) is 0. The predicted octanol–water partition coefficient (Wildman–Crippen LogP) is 5.39. The van der Waals surface area contributed by atoms with Crippen molar-refractivity contribution < 1.29 is 41.7 Å². The third-order valence-corrected chi connectivity index (χ3v) is 6.70. The maximum Gasteiger partial charge on any atom is 0.427 e. The minimum Gasteiger partial charge on any atom is -0.497 e. The molecule has 0 N–H and O–H groups in total. The molecule has 11 heteroatoms. The molecule has 0 radical (unpaired) electrons. The van der Waals surface area contributed by atoms with Gasteiger partial charge in [0, 0.05) is 26.2 Å². The minimum atomic E-state index is -4.76. The van der Waals surface area contributed by atoms with Crippen molar-refractivity contribution in [1.82, 2.24) is 9.80 Å². The molecular formula is C26H37F3N2O6. The van der Waals surface area contributed by atoms with Crippen LogP contribution in [0.15, 0.2) is 24.3 Å². The monoisotopic (exact) mass is 530 g/mol. The molecule has 1 aromatic rings. The fraction of sp³-hybridized carbons (Fsp3) is 0.692. The van der Waals surface area contributed by atoms with Gasteiger partial charge >= 0.3 is 18.4 Å². The number of ether oxygens (including phenoxy) is 4. The summed E-state index contributed by atoms with van der Waals surface area (Å²) in [5.41, 5.74) is -0.110. The van der Waals surface area contributed by atoms with E-state index in [4.69, 9.17) is 18.9 Å². The fourth-order valence-electron chi connectivity index (χ4n) is 4.66. The average Bonchev–Trinajstić information content (AvgIpc) is 2.82. The molecule has 2 aliphatic rings. The average molecular weight is 531 g/mol. The van der Waals surface area contributed by atoms with Crippen molar-refractivity contribution in [3.05, 3.63) is 29.8 Å². The van der Waals surface area contributed by atoms with E-state index in [0.29, 0.717) is 37.2 Å². The highest BCUT2D eigenvalue weighted by molar-refractivity contribution is 5.69. The first-order valence-corrected chi connectivity index (χ1v) is 12.5. The molecule has 1 atom stereocenters. The number of carbonyl (C=O) groups excluding carboxylic acids is 2. The van der Waals surface area contributed by atoms with Crippen LogP contribution in [0.3, 0.4) is 0 Å². The van der Waals surface area contributed by atoms with Gasteiger partial charge in [0.1, 0.15) is 11.4 Å². The predicted molar refractivity (Wildman–Crippen MR) is 129 cm³/mol. The van der Waals surface area contributed by atoms with Crippen LogP contribution in [0.4, 0.5) is 22.8 Å². The van der Waals surface area contributed by atoms with Gasteiger partial charge in [0.2, 0.25) is 6.10 Å². The molecule has 0 saturated carbocycles. The van der Waals surface area contributed by atoms with Crippen LogP contribution in [0.25, 0.3) is 0 Å². The second-order valence-electron chi connectivity index (χ2n) is 10.8. The molecule has 2 aliphatic heterocycles. The van der Waals surface area contributed by atoms with Gasteiger partial charge < -0.3 is 28.7 Å². The summed E-state index contributed by atoms with van der Waals surface area (Å²) in [5.74, 6) is 0.625. The minimum absolute atomic E-state index is 0.0610.